The molecule has 0 spiro atoms. The predicted octanol–water partition coefficient (Wildman–Crippen LogP) is 4.54. The third-order valence-corrected chi connectivity index (χ3v) is 5.02. The number of hydrogen-bond acceptors (Lipinski definition) is 4. The lowest BCUT2D eigenvalue weighted by molar-refractivity contribution is -0.209. The Bertz CT molecular complexity index is 1040. The van der Waals surface area contributed by atoms with Crippen LogP contribution in [0.1, 0.15) is 12.8 Å². The van der Waals surface area contributed by atoms with Crippen LogP contribution in [0.3, 0.4) is 0 Å². The zero-order chi connectivity index (χ0) is 19.9. The standard InChI is InChI=1S/C21H17F3O4/c22-21(23,24)19-16(25)8-9-17(19)27-14-7-6-13-10-15(12-4-2-1-3-5-12)20(26)28-18(13)11-14/h1-7,10-11,16-17,19,25H,8-9H2. The van der Waals surface area contributed by atoms with E-state index in [1.165, 1.54) is 12.1 Å². The van der Waals surface area contributed by atoms with E-state index in [4.69, 9.17) is 9.15 Å². The molecule has 1 heterocycles. The molecule has 4 nitrogen and oxygen atoms in total. The van der Waals surface area contributed by atoms with Crippen LogP contribution in [-0.2, 0) is 0 Å². The Morgan fingerprint density at radius 2 is 1.79 bits per heavy atom. The van der Waals surface area contributed by atoms with Crippen molar-refractivity contribution in [2.45, 2.75) is 31.2 Å². The van der Waals surface area contributed by atoms with Crippen molar-refractivity contribution in [2.24, 2.45) is 5.92 Å². The van der Waals surface area contributed by atoms with E-state index in [0.717, 1.165) is 0 Å². The molecule has 1 aromatic heterocycles. The van der Waals surface area contributed by atoms with Gasteiger partial charge in [-0.15, -0.1) is 0 Å². The van der Waals surface area contributed by atoms with Gasteiger partial charge in [0.25, 0.3) is 0 Å². The first kappa shape index (κ1) is 18.6. The normalized spacial score (nSPS) is 22.5. The van der Waals surface area contributed by atoms with Crippen LogP contribution >= 0.6 is 0 Å². The number of rotatable bonds is 3. The lowest BCUT2D eigenvalue weighted by atomic mass is 10.0. The van der Waals surface area contributed by atoms with Crippen molar-refractivity contribution in [3.05, 3.63) is 65.0 Å². The number of fused-ring (bicyclic) bond motifs is 1. The fourth-order valence-corrected chi connectivity index (χ4v) is 3.66. The van der Waals surface area contributed by atoms with Gasteiger partial charge in [0, 0.05) is 11.5 Å². The molecule has 3 atom stereocenters. The minimum Gasteiger partial charge on any atom is -0.490 e. The van der Waals surface area contributed by atoms with Crippen LogP contribution < -0.4 is 10.4 Å². The van der Waals surface area contributed by atoms with Crippen molar-refractivity contribution >= 4 is 11.0 Å². The zero-order valence-electron chi connectivity index (χ0n) is 14.6. The molecule has 2 aromatic carbocycles. The quantitative estimate of drug-likeness (QED) is 0.667. The van der Waals surface area contributed by atoms with Gasteiger partial charge in [0.15, 0.2) is 0 Å². The summed E-state index contributed by atoms with van der Waals surface area (Å²) in [7, 11) is 0. The summed E-state index contributed by atoms with van der Waals surface area (Å²) >= 11 is 0. The summed E-state index contributed by atoms with van der Waals surface area (Å²) in [5, 5.41) is 10.3. The van der Waals surface area contributed by atoms with Crippen molar-refractivity contribution in [3.63, 3.8) is 0 Å². The minimum absolute atomic E-state index is 0.0257. The molecule has 0 saturated heterocycles. The Hall–Kier alpha value is -2.80. The van der Waals surface area contributed by atoms with Gasteiger partial charge in [0.05, 0.1) is 11.7 Å². The first-order chi connectivity index (χ1) is 13.3. The Balaban J connectivity index is 1.65. The Kier molecular flexibility index (Phi) is 4.63. The third-order valence-electron chi connectivity index (χ3n) is 5.02. The molecular weight excluding hydrogens is 373 g/mol. The van der Waals surface area contributed by atoms with E-state index in [1.54, 1.807) is 24.3 Å². The smallest absolute Gasteiger partial charge is 0.397 e. The van der Waals surface area contributed by atoms with Crippen LogP contribution in [0.15, 0.2) is 63.8 Å². The summed E-state index contributed by atoms with van der Waals surface area (Å²) in [6, 6.07) is 15.3. The van der Waals surface area contributed by atoms with Crippen LogP contribution in [0.2, 0.25) is 0 Å². The van der Waals surface area contributed by atoms with Crippen molar-refractivity contribution in [1.29, 1.82) is 0 Å². The van der Waals surface area contributed by atoms with Crippen LogP contribution in [0.25, 0.3) is 22.1 Å². The number of alkyl halides is 3. The second-order valence-electron chi connectivity index (χ2n) is 6.88. The molecule has 4 rings (SSSR count). The number of ether oxygens (including phenoxy) is 1. The molecular formula is C21H17F3O4. The van der Waals surface area contributed by atoms with Crippen molar-refractivity contribution in [1.82, 2.24) is 0 Å². The Morgan fingerprint density at radius 1 is 1.04 bits per heavy atom. The summed E-state index contributed by atoms with van der Waals surface area (Å²) in [6.45, 7) is 0. The summed E-state index contributed by atoms with van der Waals surface area (Å²) in [4.78, 5) is 12.3. The van der Waals surface area contributed by atoms with Crippen LogP contribution in [0.4, 0.5) is 13.2 Å². The highest BCUT2D eigenvalue weighted by atomic mass is 19.4. The Morgan fingerprint density at radius 3 is 2.50 bits per heavy atom. The number of benzene rings is 2. The van der Waals surface area contributed by atoms with Gasteiger partial charge < -0.3 is 14.3 Å². The number of aliphatic hydroxyl groups excluding tert-OH is 1. The topological polar surface area (TPSA) is 59.7 Å². The Labute approximate surface area is 158 Å². The molecule has 0 aliphatic heterocycles. The maximum Gasteiger partial charge on any atom is 0.397 e. The van der Waals surface area contributed by atoms with Crippen LogP contribution in [0, 0.1) is 5.92 Å². The lowest BCUT2D eigenvalue weighted by Crippen LogP contribution is -2.39. The highest BCUT2D eigenvalue weighted by Gasteiger charge is 2.53. The first-order valence-corrected chi connectivity index (χ1v) is 8.88. The highest BCUT2D eigenvalue weighted by Crippen LogP contribution is 2.41. The molecule has 3 aromatic rings. The van der Waals surface area contributed by atoms with E-state index in [9.17, 15) is 23.1 Å². The molecule has 146 valence electrons. The summed E-state index contributed by atoms with van der Waals surface area (Å²) in [5.41, 5.74) is 0.800. The molecule has 7 heteroatoms. The van der Waals surface area contributed by atoms with E-state index >= 15 is 0 Å². The SMILES string of the molecule is O=c1oc2cc(OC3CCC(O)C3C(F)(F)F)ccc2cc1-c1ccccc1. The largest absolute Gasteiger partial charge is 0.490 e. The number of aliphatic hydroxyl groups is 1. The van der Waals surface area contributed by atoms with Gasteiger partial charge in [-0.3, -0.25) is 0 Å². The van der Waals surface area contributed by atoms with E-state index in [0.29, 0.717) is 16.5 Å². The van der Waals surface area contributed by atoms with E-state index in [-0.39, 0.29) is 24.2 Å². The van der Waals surface area contributed by atoms with Gasteiger partial charge in [-0.05, 0) is 36.6 Å². The summed E-state index contributed by atoms with van der Waals surface area (Å²) < 4.78 is 50.4. The second kappa shape index (κ2) is 6.98. The molecule has 0 radical (unpaired) electrons. The molecule has 1 saturated carbocycles. The van der Waals surface area contributed by atoms with Gasteiger partial charge in [-0.2, -0.15) is 13.2 Å². The van der Waals surface area contributed by atoms with Crippen molar-refractivity contribution in [3.8, 4) is 16.9 Å². The highest BCUT2D eigenvalue weighted by molar-refractivity contribution is 5.82. The average Bonchev–Trinajstić information content (AvgIpc) is 3.02. The van der Waals surface area contributed by atoms with Crippen LogP contribution in [-0.4, -0.2) is 23.5 Å². The monoisotopic (exact) mass is 390 g/mol. The molecule has 0 bridgehead atoms. The molecule has 28 heavy (non-hydrogen) atoms. The predicted molar refractivity (Wildman–Crippen MR) is 97.1 cm³/mol. The molecule has 0 amide bonds. The van der Waals surface area contributed by atoms with Gasteiger partial charge in [-0.1, -0.05) is 30.3 Å². The van der Waals surface area contributed by atoms with Crippen molar-refractivity contribution < 1.29 is 27.4 Å². The van der Waals surface area contributed by atoms with E-state index < -0.39 is 29.9 Å². The third kappa shape index (κ3) is 3.49. The van der Waals surface area contributed by atoms with Crippen LogP contribution in [0.5, 0.6) is 5.75 Å². The lowest BCUT2D eigenvalue weighted by Gasteiger charge is -2.25. The maximum absolute atomic E-state index is 13.2. The van der Waals surface area contributed by atoms with Gasteiger partial charge in [-0.25, -0.2) is 4.79 Å². The maximum atomic E-state index is 13.2. The molecule has 1 fully saturated rings. The number of halogens is 3. The molecule has 3 unspecified atom stereocenters. The molecule has 1 aliphatic carbocycles. The average molecular weight is 390 g/mol. The summed E-state index contributed by atoms with van der Waals surface area (Å²) in [6.07, 6.45) is -7.08. The van der Waals surface area contributed by atoms with Gasteiger partial charge in [0.2, 0.25) is 0 Å². The second-order valence-corrected chi connectivity index (χ2v) is 6.88. The fraction of sp³-hybridized carbons (Fsp3) is 0.286. The summed E-state index contributed by atoms with van der Waals surface area (Å²) in [5.74, 6) is -1.77. The number of hydrogen-bond donors (Lipinski definition) is 1. The van der Waals surface area contributed by atoms with E-state index in [2.05, 4.69) is 0 Å². The van der Waals surface area contributed by atoms with Gasteiger partial charge >= 0.3 is 11.8 Å². The van der Waals surface area contributed by atoms with Crippen molar-refractivity contribution in [2.75, 3.05) is 0 Å². The fourth-order valence-electron chi connectivity index (χ4n) is 3.66. The van der Waals surface area contributed by atoms with E-state index in [1.807, 2.05) is 18.2 Å². The molecule has 1 aliphatic rings. The zero-order valence-corrected chi connectivity index (χ0v) is 14.6. The first-order valence-electron chi connectivity index (χ1n) is 8.88. The minimum atomic E-state index is -4.55. The van der Waals surface area contributed by atoms with Gasteiger partial charge in [0.1, 0.15) is 23.4 Å². The molecule has 1 N–H and O–H groups in total.